The molecule has 2 amide bonds. The molecule has 55 heavy (non-hydrogen) atoms. The van der Waals surface area contributed by atoms with Crippen molar-refractivity contribution in [2.45, 2.75) is 94.5 Å². The van der Waals surface area contributed by atoms with Crippen molar-refractivity contribution in [3.05, 3.63) is 34.6 Å². The topological polar surface area (TPSA) is 172 Å². The van der Waals surface area contributed by atoms with Gasteiger partial charge in [-0.3, -0.25) is 38.6 Å². The van der Waals surface area contributed by atoms with Crippen LogP contribution in [0.1, 0.15) is 78.6 Å². The number of benzene rings is 1. The summed E-state index contributed by atoms with van der Waals surface area (Å²) in [5.74, 6) is -3.89. The van der Waals surface area contributed by atoms with Gasteiger partial charge in [0.15, 0.2) is 5.11 Å². The number of fused-ring (bicyclic) bond motifs is 1. The van der Waals surface area contributed by atoms with Gasteiger partial charge < -0.3 is 23.7 Å². The van der Waals surface area contributed by atoms with Crippen LogP contribution in [0, 0.1) is 17.8 Å². The van der Waals surface area contributed by atoms with Gasteiger partial charge in [0.05, 0.1) is 45.0 Å². The second-order valence-corrected chi connectivity index (χ2v) is 16.0. The number of amides is 2. The van der Waals surface area contributed by atoms with Crippen molar-refractivity contribution in [1.82, 2.24) is 9.80 Å². The standard InChI is InChI=1S/C38H44N2O12S3/c1-5-28(42)48-19-8-20-49-34(45)22-9-11-23(12-10-22)35(46)51-25-15-13-24(14-16-25)36(47)52-27-18-17-26(50-21(4)41)30-31(27)55-37(54-30)29-32(43)39(6-2)38(53)40(7-3)33(29)44/h5,17-18,22-25H,1,6-16,19-20H2,2-4H3. The predicted molar refractivity (Wildman–Crippen MR) is 204 cm³/mol. The summed E-state index contributed by atoms with van der Waals surface area (Å²) in [6.07, 6.45) is 5.00. The Balaban J connectivity index is 1.14. The third kappa shape index (κ3) is 9.97. The fourth-order valence-electron chi connectivity index (χ4n) is 6.77. The fourth-order valence-corrected chi connectivity index (χ4v) is 9.84. The van der Waals surface area contributed by atoms with Gasteiger partial charge in [0, 0.05) is 32.5 Å². The maximum atomic E-state index is 13.5. The van der Waals surface area contributed by atoms with E-state index in [1.807, 2.05) is 0 Å². The van der Waals surface area contributed by atoms with Gasteiger partial charge >= 0.3 is 29.8 Å². The van der Waals surface area contributed by atoms with Crippen LogP contribution in [-0.2, 0) is 47.8 Å². The molecule has 2 saturated carbocycles. The highest BCUT2D eigenvalue weighted by Gasteiger charge is 2.43. The summed E-state index contributed by atoms with van der Waals surface area (Å²) < 4.78 is 27.7. The summed E-state index contributed by atoms with van der Waals surface area (Å²) in [4.78, 5) is 92.5. The quantitative estimate of drug-likeness (QED) is 0.0465. The number of likely N-dealkylation sites (N-methyl/N-ethyl adjacent to an activating group) is 2. The molecular weight excluding hydrogens is 773 g/mol. The number of thiocarbonyl (C=S) groups is 1. The number of carbonyl (C=O) groups is 7. The van der Waals surface area contributed by atoms with E-state index < -0.39 is 35.6 Å². The molecule has 3 fully saturated rings. The molecular formula is C38H44N2O12S3. The Kier molecular flexibility index (Phi) is 14.6. The van der Waals surface area contributed by atoms with Crippen LogP contribution < -0.4 is 9.47 Å². The Hall–Kier alpha value is -4.22. The second-order valence-electron chi connectivity index (χ2n) is 13.3. The van der Waals surface area contributed by atoms with Crippen molar-refractivity contribution in [3.8, 4) is 11.5 Å². The minimum absolute atomic E-state index is 0.0598. The van der Waals surface area contributed by atoms with Crippen LogP contribution in [0.3, 0.4) is 0 Å². The molecule has 5 rings (SSSR count). The molecule has 1 saturated heterocycles. The Labute approximate surface area is 333 Å². The first-order valence-electron chi connectivity index (χ1n) is 18.4. The molecule has 1 aromatic rings. The Bertz CT molecular complexity index is 1750. The number of thioether (sulfide) groups is 2. The second kappa shape index (κ2) is 19.1. The third-order valence-electron chi connectivity index (χ3n) is 9.74. The molecule has 0 N–H and O–H groups in total. The molecule has 0 aromatic heterocycles. The highest BCUT2D eigenvalue weighted by atomic mass is 32.2. The first kappa shape index (κ1) is 41.9. The van der Waals surface area contributed by atoms with Gasteiger partial charge in [-0.2, -0.15) is 0 Å². The van der Waals surface area contributed by atoms with Gasteiger partial charge in [0.2, 0.25) is 0 Å². The van der Waals surface area contributed by atoms with E-state index in [0.29, 0.717) is 71.8 Å². The zero-order valence-corrected chi connectivity index (χ0v) is 33.4. The van der Waals surface area contributed by atoms with Crippen LogP contribution in [0.2, 0.25) is 0 Å². The summed E-state index contributed by atoms with van der Waals surface area (Å²) in [7, 11) is 0. The molecule has 0 bridgehead atoms. The van der Waals surface area contributed by atoms with Gasteiger partial charge in [0.1, 0.15) is 23.2 Å². The van der Waals surface area contributed by atoms with Crippen molar-refractivity contribution < 1.29 is 57.2 Å². The van der Waals surface area contributed by atoms with E-state index >= 15 is 0 Å². The molecule has 2 aliphatic heterocycles. The van der Waals surface area contributed by atoms with Gasteiger partial charge in [-0.15, -0.1) is 0 Å². The van der Waals surface area contributed by atoms with Gasteiger partial charge in [0.25, 0.3) is 11.8 Å². The van der Waals surface area contributed by atoms with E-state index in [2.05, 4.69) is 6.58 Å². The normalized spacial score (nSPS) is 22.5. The number of esters is 5. The average Bonchev–Trinajstić information content (AvgIpc) is 3.61. The van der Waals surface area contributed by atoms with E-state index in [0.717, 1.165) is 29.6 Å². The zero-order valence-electron chi connectivity index (χ0n) is 31.0. The minimum atomic E-state index is -0.563. The van der Waals surface area contributed by atoms with Crippen molar-refractivity contribution in [2.24, 2.45) is 17.8 Å². The number of rotatable bonds is 13. The van der Waals surface area contributed by atoms with E-state index in [4.69, 9.17) is 35.9 Å². The van der Waals surface area contributed by atoms with Crippen LogP contribution in [0.4, 0.5) is 0 Å². The van der Waals surface area contributed by atoms with E-state index in [1.54, 1.807) is 13.8 Å². The maximum Gasteiger partial charge on any atom is 0.330 e. The van der Waals surface area contributed by atoms with Crippen LogP contribution in [0.5, 0.6) is 11.5 Å². The number of nitrogens with zero attached hydrogens (tertiary/aromatic N) is 2. The van der Waals surface area contributed by atoms with Crippen LogP contribution >= 0.6 is 35.7 Å². The Morgan fingerprint density at radius 2 is 1.25 bits per heavy atom. The molecule has 17 heteroatoms. The lowest BCUT2D eigenvalue weighted by atomic mass is 9.82. The predicted octanol–water partition coefficient (Wildman–Crippen LogP) is 5.49. The van der Waals surface area contributed by atoms with Crippen molar-refractivity contribution >= 4 is 82.5 Å². The molecule has 0 unspecified atom stereocenters. The summed E-state index contributed by atoms with van der Waals surface area (Å²) in [6, 6.07) is 3.04. The summed E-state index contributed by atoms with van der Waals surface area (Å²) in [5.41, 5.74) is -0.0598. The minimum Gasteiger partial charge on any atom is -0.465 e. The SMILES string of the molecule is C=CC(=O)OCCCOC(=O)C1CCC(C(=O)OC2CCC(C(=O)Oc3ccc(OC(C)=O)c4c3SC(=C3C(=O)N(CC)C(=S)N(CC)C3=O)S4)CC2)CC1. The first-order valence-corrected chi connectivity index (χ1v) is 20.4. The molecule has 2 aliphatic carbocycles. The fraction of sp³-hybridized carbons (Fsp3) is 0.526. The van der Waals surface area contributed by atoms with Crippen LogP contribution in [-0.4, -0.2) is 89.0 Å². The smallest absolute Gasteiger partial charge is 0.330 e. The average molecular weight is 817 g/mol. The number of hydrogen-bond acceptors (Lipinski definition) is 15. The molecule has 0 radical (unpaired) electrons. The molecule has 1 aromatic carbocycles. The van der Waals surface area contributed by atoms with E-state index in [-0.39, 0.29) is 78.4 Å². The summed E-state index contributed by atoms with van der Waals surface area (Å²) in [5, 5.41) is 0.136. The first-order chi connectivity index (χ1) is 26.4. The molecule has 0 spiro atoms. The lowest BCUT2D eigenvalue weighted by Gasteiger charge is -2.35. The highest BCUT2D eigenvalue weighted by molar-refractivity contribution is 8.25. The monoisotopic (exact) mass is 816 g/mol. The van der Waals surface area contributed by atoms with Gasteiger partial charge in [-0.05, 0) is 89.6 Å². The molecule has 14 nitrogen and oxygen atoms in total. The van der Waals surface area contributed by atoms with Crippen molar-refractivity contribution in [3.63, 3.8) is 0 Å². The van der Waals surface area contributed by atoms with Gasteiger partial charge in [-0.25, -0.2) is 4.79 Å². The maximum absolute atomic E-state index is 13.5. The summed E-state index contributed by atoms with van der Waals surface area (Å²) >= 11 is 7.59. The summed E-state index contributed by atoms with van der Waals surface area (Å²) in [6.45, 7) is 8.92. The molecule has 296 valence electrons. The van der Waals surface area contributed by atoms with Gasteiger partial charge in [-0.1, -0.05) is 30.1 Å². The van der Waals surface area contributed by atoms with E-state index in [1.165, 1.54) is 28.9 Å². The Morgan fingerprint density at radius 3 is 1.78 bits per heavy atom. The van der Waals surface area contributed by atoms with Crippen molar-refractivity contribution in [2.75, 3.05) is 26.3 Å². The number of ether oxygens (including phenoxy) is 5. The molecule has 4 aliphatic rings. The largest absolute Gasteiger partial charge is 0.465 e. The molecule has 0 atom stereocenters. The highest BCUT2D eigenvalue weighted by Crippen LogP contribution is 2.59. The van der Waals surface area contributed by atoms with Crippen molar-refractivity contribution in [1.29, 1.82) is 0 Å². The number of carbonyl (C=O) groups excluding carboxylic acids is 7. The number of hydrogen-bond donors (Lipinski definition) is 0. The molecule has 2 heterocycles. The van der Waals surface area contributed by atoms with Crippen LogP contribution in [0.25, 0.3) is 0 Å². The lowest BCUT2D eigenvalue weighted by molar-refractivity contribution is -0.161. The third-order valence-corrected chi connectivity index (χ3v) is 12.8. The Morgan fingerprint density at radius 1 is 0.764 bits per heavy atom. The van der Waals surface area contributed by atoms with Crippen LogP contribution in [0.15, 0.2) is 44.4 Å². The lowest BCUT2D eigenvalue weighted by Crippen LogP contribution is -2.56. The van der Waals surface area contributed by atoms with E-state index in [9.17, 15) is 33.6 Å². The zero-order chi connectivity index (χ0) is 39.8.